The van der Waals surface area contributed by atoms with Gasteiger partial charge in [-0.15, -0.1) is 6.58 Å². The van der Waals surface area contributed by atoms with Gasteiger partial charge in [-0.1, -0.05) is 6.08 Å². The van der Waals surface area contributed by atoms with Crippen molar-refractivity contribution in [3.05, 3.63) is 36.4 Å². The first kappa shape index (κ1) is 15.6. The molecule has 0 heterocycles. The number of rotatable bonds is 6. The lowest BCUT2D eigenvalue weighted by Crippen LogP contribution is -2.29. The third-order valence-electron chi connectivity index (χ3n) is 2.36. The first-order chi connectivity index (χ1) is 9.62. The number of urea groups is 1. The van der Waals surface area contributed by atoms with Crippen LogP contribution in [0.3, 0.4) is 0 Å². The van der Waals surface area contributed by atoms with Crippen molar-refractivity contribution < 1.29 is 19.1 Å². The average molecular weight is 278 g/mol. The lowest BCUT2D eigenvalue weighted by atomic mass is 10.1. The van der Waals surface area contributed by atoms with Crippen LogP contribution in [0.5, 0.6) is 5.75 Å². The zero-order valence-corrected chi connectivity index (χ0v) is 11.6. The van der Waals surface area contributed by atoms with Gasteiger partial charge in [0, 0.05) is 12.6 Å². The maximum atomic E-state index is 11.6. The number of carbonyl (C=O) groups is 2. The van der Waals surface area contributed by atoms with Crippen LogP contribution in [-0.2, 0) is 4.74 Å². The SMILES string of the molecule is C=CCNC(=O)Nc1cc(OCC)ccc1C(=O)OC. The summed E-state index contributed by atoms with van der Waals surface area (Å²) in [6, 6.07) is 4.31. The summed E-state index contributed by atoms with van der Waals surface area (Å²) < 4.78 is 10.0. The Morgan fingerprint density at radius 1 is 1.40 bits per heavy atom. The fraction of sp³-hybridized carbons (Fsp3) is 0.286. The van der Waals surface area contributed by atoms with Crippen LogP contribution in [0.2, 0.25) is 0 Å². The lowest BCUT2D eigenvalue weighted by Gasteiger charge is -2.12. The minimum absolute atomic E-state index is 0.254. The van der Waals surface area contributed by atoms with Gasteiger partial charge in [-0.2, -0.15) is 0 Å². The van der Waals surface area contributed by atoms with Crippen molar-refractivity contribution in [2.24, 2.45) is 0 Å². The molecule has 1 aromatic carbocycles. The highest BCUT2D eigenvalue weighted by atomic mass is 16.5. The van der Waals surface area contributed by atoms with Gasteiger partial charge in [-0.3, -0.25) is 0 Å². The number of benzene rings is 1. The van der Waals surface area contributed by atoms with Gasteiger partial charge in [0.2, 0.25) is 0 Å². The van der Waals surface area contributed by atoms with Crippen LogP contribution in [0.1, 0.15) is 17.3 Å². The molecule has 6 heteroatoms. The molecule has 0 aliphatic heterocycles. The van der Waals surface area contributed by atoms with Crippen LogP contribution in [0, 0.1) is 0 Å². The third kappa shape index (κ3) is 4.31. The summed E-state index contributed by atoms with van der Waals surface area (Å²) in [5.41, 5.74) is 0.578. The number of hydrogen-bond donors (Lipinski definition) is 2. The molecule has 0 aromatic heterocycles. The number of amides is 2. The number of methoxy groups -OCH3 is 1. The fourth-order valence-corrected chi connectivity index (χ4v) is 1.50. The highest BCUT2D eigenvalue weighted by Gasteiger charge is 2.14. The van der Waals surface area contributed by atoms with E-state index in [0.717, 1.165) is 0 Å². The summed E-state index contributed by atoms with van der Waals surface area (Å²) in [5.74, 6) is 0.0197. The molecule has 0 saturated heterocycles. The van der Waals surface area contributed by atoms with Gasteiger partial charge in [-0.25, -0.2) is 9.59 Å². The van der Waals surface area contributed by atoms with E-state index in [1.807, 2.05) is 6.92 Å². The Balaban J connectivity index is 2.98. The molecule has 108 valence electrons. The van der Waals surface area contributed by atoms with Gasteiger partial charge in [0.25, 0.3) is 0 Å². The largest absolute Gasteiger partial charge is 0.494 e. The van der Waals surface area contributed by atoms with Crippen molar-refractivity contribution in [1.82, 2.24) is 5.32 Å². The Kier molecular flexibility index (Phi) is 6.09. The van der Waals surface area contributed by atoms with Crippen LogP contribution in [0.4, 0.5) is 10.5 Å². The van der Waals surface area contributed by atoms with E-state index in [4.69, 9.17) is 4.74 Å². The third-order valence-corrected chi connectivity index (χ3v) is 2.36. The monoisotopic (exact) mass is 278 g/mol. The second-order valence-corrected chi connectivity index (χ2v) is 3.76. The minimum atomic E-state index is -0.535. The van der Waals surface area contributed by atoms with E-state index >= 15 is 0 Å². The number of nitrogens with one attached hydrogen (secondary N) is 2. The first-order valence-corrected chi connectivity index (χ1v) is 6.13. The molecule has 0 spiro atoms. The highest BCUT2D eigenvalue weighted by Crippen LogP contribution is 2.23. The Hall–Kier alpha value is -2.50. The van der Waals surface area contributed by atoms with Crippen molar-refractivity contribution >= 4 is 17.7 Å². The Morgan fingerprint density at radius 3 is 2.75 bits per heavy atom. The molecule has 0 unspecified atom stereocenters. The molecule has 0 aliphatic rings. The molecule has 0 atom stereocenters. The maximum absolute atomic E-state index is 11.6. The number of anilines is 1. The Bertz CT molecular complexity index is 500. The van der Waals surface area contributed by atoms with Crippen LogP contribution < -0.4 is 15.4 Å². The predicted octanol–water partition coefficient (Wildman–Crippen LogP) is 2.18. The van der Waals surface area contributed by atoms with E-state index in [0.29, 0.717) is 24.6 Å². The van der Waals surface area contributed by atoms with E-state index in [1.165, 1.54) is 7.11 Å². The standard InChI is InChI=1S/C14H18N2O4/c1-4-8-15-14(18)16-12-9-10(20-5-2)6-7-11(12)13(17)19-3/h4,6-7,9H,1,5,8H2,2-3H3,(H2,15,16,18). The van der Waals surface area contributed by atoms with Crippen molar-refractivity contribution in [3.63, 3.8) is 0 Å². The Labute approximate surface area is 117 Å². The highest BCUT2D eigenvalue weighted by molar-refractivity contribution is 6.01. The van der Waals surface area contributed by atoms with E-state index in [1.54, 1.807) is 24.3 Å². The Morgan fingerprint density at radius 2 is 2.15 bits per heavy atom. The maximum Gasteiger partial charge on any atom is 0.339 e. The summed E-state index contributed by atoms with van der Waals surface area (Å²) in [4.78, 5) is 23.3. The smallest absolute Gasteiger partial charge is 0.339 e. The van der Waals surface area contributed by atoms with Crippen molar-refractivity contribution in [1.29, 1.82) is 0 Å². The van der Waals surface area contributed by atoms with Gasteiger partial charge in [0.05, 0.1) is 25.0 Å². The molecule has 0 radical (unpaired) electrons. The molecule has 1 rings (SSSR count). The predicted molar refractivity (Wildman–Crippen MR) is 76.2 cm³/mol. The first-order valence-electron chi connectivity index (χ1n) is 6.13. The summed E-state index contributed by atoms with van der Waals surface area (Å²) >= 11 is 0. The number of esters is 1. The molecule has 0 bridgehead atoms. The van der Waals surface area contributed by atoms with Crippen LogP contribution in [0.25, 0.3) is 0 Å². The molecule has 1 aromatic rings. The number of hydrogen-bond acceptors (Lipinski definition) is 4. The second kappa shape index (κ2) is 7.83. The molecule has 20 heavy (non-hydrogen) atoms. The van der Waals surface area contributed by atoms with Gasteiger partial charge in [-0.05, 0) is 19.1 Å². The molecule has 0 saturated carbocycles. The second-order valence-electron chi connectivity index (χ2n) is 3.76. The molecule has 0 aliphatic carbocycles. The van der Waals surface area contributed by atoms with Crippen LogP contribution in [-0.4, -0.2) is 32.3 Å². The van der Waals surface area contributed by atoms with Crippen molar-refractivity contribution in [2.45, 2.75) is 6.92 Å². The summed E-state index contributed by atoms with van der Waals surface area (Å²) in [5, 5.41) is 5.14. The topological polar surface area (TPSA) is 76.7 Å². The fourth-order valence-electron chi connectivity index (χ4n) is 1.50. The molecule has 2 amide bonds. The van der Waals surface area contributed by atoms with Crippen LogP contribution >= 0.6 is 0 Å². The summed E-state index contributed by atoms with van der Waals surface area (Å²) in [6.45, 7) is 6.16. The normalized spacial score (nSPS) is 9.50. The number of ether oxygens (including phenoxy) is 2. The minimum Gasteiger partial charge on any atom is -0.494 e. The lowest BCUT2D eigenvalue weighted by molar-refractivity contribution is 0.0602. The van der Waals surface area contributed by atoms with Gasteiger partial charge < -0.3 is 20.1 Å². The average Bonchev–Trinajstić information content (AvgIpc) is 2.45. The van der Waals surface area contributed by atoms with Crippen molar-refractivity contribution in [3.8, 4) is 5.75 Å². The van der Waals surface area contributed by atoms with Crippen molar-refractivity contribution in [2.75, 3.05) is 25.6 Å². The van der Waals surface area contributed by atoms with Gasteiger partial charge >= 0.3 is 12.0 Å². The van der Waals surface area contributed by atoms with E-state index < -0.39 is 12.0 Å². The molecule has 2 N–H and O–H groups in total. The zero-order chi connectivity index (χ0) is 15.0. The van der Waals surface area contributed by atoms with E-state index in [-0.39, 0.29) is 5.56 Å². The van der Waals surface area contributed by atoms with Gasteiger partial charge in [0.15, 0.2) is 0 Å². The molecule has 0 fully saturated rings. The molecule has 6 nitrogen and oxygen atoms in total. The summed E-state index contributed by atoms with van der Waals surface area (Å²) in [6.07, 6.45) is 1.55. The van der Waals surface area contributed by atoms with E-state index in [2.05, 4.69) is 21.9 Å². The van der Waals surface area contributed by atoms with E-state index in [9.17, 15) is 9.59 Å². The van der Waals surface area contributed by atoms with Crippen LogP contribution in [0.15, 0.2) is 30.9 Å². The summed E-state index contributed by atoms with van der Waals surface area (Å²) in [7, 11) is 1.28. The molecular weight excluding hydrogens is 260 g/mol. The quantitative estimate of drug-likeness (QED) is 0.617. The van der Waals surface area contributed by atoms with Gasteiger partial charge in [0.1, 0.15) is 5.75 Å². The number of carbonyl (C=O) groups excluding carboxylic acids is 2. The molecular formula is C14H18N2O4. The zero-order valence-electron chi connectivity index (χ0n) is 11.6.